The molecule has 0 saturated heterocycles. The van der Waals surface area contributed by atoms with Crippen LogP contribution >= 0.6 is 0 Å². The minimum Gasteiger partial charge on any atom is -0.322 e. The van der Waals surface area contributed by atoms with Crippen molar-refractivity contribution in [3.63, 3.8) is 0 Å². The molecule has 2 nitrogen and oxygen atoms in total. The first-order valence-corrected chi connectivity index (χ1v) is 7.21. The van der Waals surface area contributed by atoms with Gasteiger partial charge in [-0.1, -0.05) is 32.0 Å². The van der Waals surface area contributed by atoms with Gasteiger partial charge in [-0.05, 0) is 24.0 Å². The lowest BCUT2D eigenvalue weighted by Crippen LogP contribution is -2.20. The van der Waals surface area contributed by atoms with Gasteiger partial charge in [-0.15, -0.1) is 0 Å². The van der Waals surface area contributed by atoms with Gasteiger partial charge in [-0.2, -0.15) is 0 Å². The minimum atomic E-state index is -2.30. The van der Waals surface area contributed by atoms with E-state index in [0.29, 0.717) is 5.56 Å². The second-order valence-electron chi connectivity index (χ2n) is 5.30. The van der Waals surface area contributed by atoms with Crippen LogP contribution in [0.3, 0.4) is 0 Å². The minimum absolute atomic E-state index is 0.0258. The van der Waals surface area contributed by atoms with Gasteiger partial charge in [0, 0.05) is 5.69 Å². The first-order valence-electron chi connectivity index (χ1n) is 7.21. The molecule has 1 amide bonds. The van der Waals surface area contributed by atoms with Gasteiger partial charge in [-0.3, -0.25) is 4.79 Å². The fourth-order valence-corrected chi connectivity index (χ4v) is 2.25. The molecule has 2 aromatic carbocycles. The molecule has 7 heteroatoms. The SMILES string of the molecule is CCC(C)c1ccccc1NC(=O)c1c(F)c(F)c(F)c(F)c1F. The van der Waals surface area contributed by atoms with Crippen LogP contribution in [0.25, 0.3) is 0 Å². The summed E-state index contributed by atoms with van der Waals surface area (Å²) in [6, 6.07) is 6.50. The lowest BCUT2D eigenvalue weighted by atomic mass is 9.96. The second kappa shape index (κ2) is 6.98. The Hall–Kier alpha value is -2.44. The van der Waals surface area contributed by atoms with E-state index >= 15 is 0 Å². The van der Waals surface area contributed by atoms with Gasteiger partial charge in [0.2, 0.25) is 5.82 Å². The van der Waals surface area contributed by atoms with E-state index in [-0.39, 0.29) is 11.6 Å². The number of hydrogen-bond acceptors (Lipinski definition) is 1. The molecule has 0 spiro atoms. The van der Waals surface area contributed by atoms with Crippen LogP contribution in [0.15, 0.2) is 24.3 Å². The summed E-state index contributed by atoms with van der Waals surface area (Å²) in [5, 5.41) is 2.22. The number of para-hydroxylation sites is 1. The molecule has 1 unspecified atom stereocenters. The predicted molar refractivity (Wildman–Crippen MR) is 79.3 cm³/mol. The summed E-state index contributed by atoms with van der Waals surface area (Å²) in [4.78, 5) is 12.1. The quantitative estimate of drug-likeness (QED) is 0.464. The number of anilines is 1. The fraction of sp³-hybridized carbons (Fsp3) is 0.235. The van der Waals surface area contributed by atoms with E-state index in [1.807, 2.05) is 13.8 Å². The highest BCUT2D eigenvalue weighted by Gasteiger charge is 2.30. The van der Waals surface area contributed by atoms with Crippen LogP contribution in [-0.4, -0.2) is 5.91 Å². The zero-order valence-electron chi connectivity index (χ0n) is 12.9. The highest BCUT2D eigenvalue weighted by atomic mass is 19.2. The molecule has 2 rings (SSSR count). The van der Waals surface area contributed by atoms with Crippen molar-refractivity contribution in [2.75, 3.05) is 5.32 Å². The van der Waals surface area contributed by atoms with Gasteiger partial charge in [0.15, 0.2) is 23.3 Å². The smallest absolute Gasteiger partial charge is 0.261 e. The van der Waals surface area contributed by atoms with E-state index in [1.54, 1.807) is 18.2 Å². The molecule has 1 atom stereocenters. The Morgan fingerprint density at radius 3 is 2.00 bits per heavy atom. The van der Waals surface area contributed by atoms with Crippen LogP contribution in [0.1, 0.15) is 42.1 Å². The first-order chi connectivity index (χ1) is 11.3. The predicted octanol–water partition coefficient (Wildman–Crippen LogP) is 5.15. The van der Waals surface area contributed by atoms with Gasteiger partial charge < -0.3 is 5.32 Å². The van der Waals surface area contributed by atoms with E-state index in [0.717, 1.165) is 6.42 Å². The van der Waals surface area contributed by atoms with Gasteiger partial charge in [-0.25, -0.2) is 22.0 Å². The summed E-state index contributed by atoms with van der Waals surface area (Å²) in [5.41, 5.74) is -0.566. The van der Waals surface area contributed by atoms with Gasteiger partial charge in [0.05, 0.1) is 0 Å². The first kappa shape index (κ1) is 17.9. The van der Waals surface area contributed by atoms with Crippen LogP contribution < -0.4 is 5.32 Å². The van der Waals surface area contributed by atoms with Crippen molar-refractivity contribution in [3.05, 3.63) is 64.5 Å². The maximum Gasteiger partial charge on any atom is 0.261 e. The lowest BCUT2D eigenvalue weighted by Gasteiger charge is -2.16. The van der Waals surface area contributed by atoms with Crippen LogP contribution in [0.2, 0.25) is 0 Å². The molecule has 128 valence electrons. The Kier molecular flexibility index (Phi) is 5.21. The van der Waals surface area contributed by atoms with Crippen molar-refractivity contribution < 1.29 is 26.7 Å². The topological polar surface area (TPSA) is 29.1 Å². The summed E-state index contributed by atoms with van der Waals surface area (Å²) in [6.07, 6.45) is 0.732. The largest absolute Gasteiger partial charge is 0.322 e. The zero-order chi connectivity index (χ0) is 18.0. The average molecular weight is 343 g/mol. The molecule has 0 aliphatic carbocycles. The Morgan fingerprint density at radius 2 is 1.46 bits per heavy atom. The third kappa shape index (κ3) is 3.11. The number of amides is 1. The van der Waals surface area contributed by atoms with Crippen molar-refractivity contribution in [2.24, 2.45) is 0 Å². The number of benzene rings is 2. The van der Waals surface area contributed by atoms with Gasteiger partial charge >= 0.3 is 0 Å². The van der Waals surface area contributed by atoms with Crippen LogP contribution in [0.5, 0.6) is 0 Å². The number of carbonyl (C=O) groups excluding carboxylic acids is 1. The van der Waals surface area contributed by atoms with E-state index in [4.69, 9.17) is 0 Å². The molecule has 0 fully saturated rings. The molecular formula is C17H14F5NO. The van der Waals surface area contributed by atoms with E-state index in [9.17, 15) is 26.7 Å². The third-order valence-corrected chi connectivity index (χ3v) is 3.79. The Morgan fingerprint density at radius 1 is 0.958 bits per heavy atom. The number of halogens is 5. The van der Waals surface area contributed by atoms with Crippen LogP contribution in [0.4, 0.5) is 27.6 Å². The van der Waals surface area contributed by atoms with Crippen molar-refractivity contribution >= 4 is 11.6 Å². The normalized spacial score (nSPS) is 12.1. The molecule has 0 aromatic heterocycles. The third-order valence-electron chi connectivity index (χ3n) is 3.79. The maximum absolute atomic E-state index is 13.7. The number of hydrogen-bond donors (Lipinski definition) is 1. The van der Waals surface area contributed by atoms with Crippen LogP contribution in [0, 0.1) is 29.1 Å². The summed E-state index contributed by atoms with van der Waals surface area (Å²) < 4.78 is 66.9. The number of nitrogens with one attached hydrogen (secondary N) is 1. The molecule has 24 heavy (non-hydrogen) atoms. The van der Waals surface area contributed by atoms with Crippen LogP contribution in [-0.2, 0) is 0 Å². The molecule has 0 saturated carbocycles. The Bertz CT molecular complexity index is 762. The maximum atomic E-state index is 13.7. The highest BCUT2D eigenvalue weighted by molar-refractivity contribution is 6.05. The molecule has 0 aliphatic heterocycles. The number of rotatable bonds is 4. The molecule has 0 aliphatic rings. The average Bonchev–Trinajstić information content (AvgIpc) is 2.58. The summed E-state index contributed by atoms with van der Waals surface area (Å²) in [5.74, 6) is -12.3. The molecule has 0 heterocycles. The van der Waals surface area contributed by atoms with Crippen molar-refractivity contribution in [3.8, 4) is 0 Å². The molecule has 1 N–H and O–H groups in total. The highest BCUT2D eigenvalue weighted by Crippen LogP contribution is 2.28. The second-order valence-corrected chi connectivity index (χ2v) is 5.30. The molecule has 0 radical (unpaired) electrons. The van der Waals surface area contributed by atoms with E-state index in [1.165, 1.54) is 6.07 Å². The summed E-state index contributed by atoms with van der Waals surface area (Å²) >= 11 is 0. The van der Waals surface area contributed by atoms with Crippen molar-refractivity contribution in [1.29, 1.82) is 0 Å². The monoisotopic (exact) mass is 343 g/mol. The van der Waals surface area contributed by atoms with Gasteiger partial charge in [0.25, 0.3) is 5.91 Å². The number of carbonyl (C=O) groups is 1. The van der Waals surface area contributed by atoms with Crippen molar-refractivity contribution in [1.82, 2.24) is 0 Å². The molecular weight excluding hydrogens is 329 g/mol. The Balaban J connectivity index is 2.46. The standard InChI is InChI=1S/C17H14F5NO/c1-3-8(2)9-6-4-5-7-10(9)23-17(24)11-12(18)14(20)16(22)15(21)13(11)19/h4-8H,3H2,1-2H3,(H,23,24). The van der Waals surface area contributed by atoms with Crippen molar-refractivity contribution in [2.45, 2.75) is 26.2 Å². The summed E-state index contributed by atoms with van der Waals surface area (Å²) in [6.45, 7) is 3.79. The molecule has 2 aromatic rings. The molecule has 0 bridgehead atoms. The van der Waals surface area contributed by atoms with E-state index in [2.05, 4.69) is 5.32 Å². The zero-order valence-corrected chi connectivity index (χ0v) is 12.9. The summed E-state index contributed by atoms with van der Waals surface area (Å²) in [7, 11) is 0. The lowest BCUT2D eigenvalue weighted by molar-refractivity contribution is 0.101. The Labute approximate surface area is 135 Å². The fourth-order valence-electron chi connectivity index (χ4n) is 2.25. The van der Waals surface area contributed by atoms with Gasteiger partial charge in [0.1, 0.15) is 5.56 Å². The van der Waals surface area contributed by atoms with E-state index < -0.39 is 40.6 Å².